The predicted octanol–water partition coefficient (Wildman–Crippen LogP) is 1.85. The Balaban J connectivity index is 3.15. The normalized spacial score (nSPS) is 11.3. The minimum atomic E-state index is 0.494. The van der Waals surface area contributed by atoms with Crippen LogP contribution in [0.2, 0.25) is 0 Å². The Kier molecular flexibility index (Phi) is 4.72. The van der Waals surface area contributed by atoms with E-state index in [9.17, 15) is 5.21 Å². The van der Waals surface area contributed by atoms with E-state index in [0.717, 1.165) is 11.5 Å². The van der Waals surface area contributed by atoms with Crippen LogP contribution in [0.5, 0.6) is 0 Å². The van der Waals surface area contributed by atoms with E-state index in [1.165, 1.54) is 0 Å². The lowest BCUT2D eigenvalue weighted by molar-refractivity contribution is 0.332. The van der Waals surface area contributed by atoms with Crippen LogP contribution in [0.15, 0.2) is 0 Å². The molecule has 0 spiro atoms. The molecule has 0 N–H and O–H groups in total. The van der Waals surface area contributed by atoms with Gasteiger partial charge in [-0.05, 0) is 25.4 Å². The number of hydrogen-bond acceptors (Lipinski definition) is 2. The van der Waals surface area contributed by atoms with Gasteiger partial charge < -0.3 is 10.3 Å². The molecular formula is C7H16NO-. The predicted molar refractivity (Wildman–Crippen MR) is 40.1 cm³/mol. The first-order chi connectivity index (χ1) is 4.16. The van der Waals surface area contributed by atoms with E-state index in [0.29, 0.717) is 19.0 Å². The molecule has 0 aromatic carbocycles. The summed E-state index contributed by atoms with van der Waals surface area (Å²) >= 11 is 0. The van der Waals surface area contributed by atoms with Crippen LogP contribution in [0, 0.1) is 11.1 Å². The van der Waals surface area contributed by atoms with Crippen LogP contribution in [-0.2, 0) is 0 Å². The summed E-state index contributed by atoms with van der Waals surface area (Å²) in [7, 11) is 0. The minimum absolute atomic E-state index is 0.494. The molecule has 2 nitrogen and oxygen atoms in total. The molecule has 2 heteroatoms. The van der Waals surface area contributed by atoms with Gasteiger partial charge in [0.25, 0.3) is 0 Å². The molecule has 0 aliphatic rings. The fourth-order valence-electron chi connectivity index (χ4n) is 0.748. The first-order valence-corrected chi connectivity index (χ1v) is 3.59. The van der Waals surface area contributed by atoms with Crippen LogP contribution in [-0.4, -0.2) is 18.2 Å². The molecule has 9 heavy (non-hydrogen) atoms. The van der Waals surface area contributed by atoms with Gasteiger partial charge in [-0.3, -0.25) is 0 Å². The molecule has 0 aliphatic heterocycles. The fraction of sp³-hybridized carbons (Fsp3) is 1.00. The monoisotopic (exact) mass is 130 g/mol. The van der Waals surface area contributed by atoms with Crippen molar-refractivity contribution in [1.82, 2.24) is 5.06 Å². The summed E-state index contributed by atoms with van der Waals surface area (Å²) < 4.78 is 0. The standard InChI is InChI=1S/C7H16NO/c1-4-5-8(9)6-7(2)3/h7H,4-6H2,1-3H3/q-1. The van der Waals surface area contributed by atoms with Gasteiger partial charge >= 0.3 is 0 Å². The fourth-order valence-corrected chi connectivity index (χ4v) is 0.748. The van der Waals surface area contributed by atoms with Crippen molar-refractivity contribution in [3.8, 4) is 0 Å². The second-order valence-corrected chi connectivity index (χ2v) is 2.78. The molecule has 0 saturated carbocycles. The van der Waals surface area contributed by atoms with E-state index < -0.39 is 0 Å². The van der Waals surface area contributed by atoms with Gasteiger partial charge in [-0.25, -0.2) is 0 Å². The highest BCUT2D eigenvalue weighted by atomic mass is 16.5. The van der Waals surface area contributed by atoms with Gasteiger partial charge in [0.05, 0.1) is 0 Å². The number of hydroxylamine groups is 2. The first-order valence-electron chi connectivity index (χ1n) is 3.59. The smallest absolute Gasteiger partial charge is 0.0121 e. The largest absolute Gasteiger partial charge is 0.785 e. The first kappa shape index (κ1) is 8.92. The van der Waals surface area contributed by atoms with Gasteiger partial charge in [0, 0.05) is 0 Å². The third kappa shape index (κ3) is 5.80. The van der Waals surface area contributed by atoms with E-state index in [1.807, 2.05) is 6.92 Å². The summed E-state index contributed by atoms with van der Waals surface area (Å²) in [5, 5.41) is 11.9. The molecule has 0 rings (SSSR count). The lowest BCUT2D eigenvalue weighted by atomic mass is 10.2. The van der Waals surface area contributed by atoms with Crippen molar-refractivity contribution in [3.63, 3.8) is 0 Å². The van der Waals surface area contributed by atoms with Gasteiger partial charge in [0.15, 0.2) is 0 Å². The molecule has 0 bridgehead atoms. The van der Waals surface area contributed by atoms with Crippen LogP contribution in [0.25, 0.3) is 0 Å². The van der Waals surface area contributed by atoms with Crippen molar-refractivity contribution in [2.24, 2.45) is 5.92 Å². The highest BCUT2D eigenvalue weighted by Gasteiger charge is 1.93. The quantitative estimate of drug-likeness (QED) is 0.543. The van der Waals surface area contributed by atoms with Crippen molar-refractivity contribution in [2.45, 2.75) is 27.2 Å². The van der Waals surface area contributed by atoms with E-state index in [4.69, 9.17) is 0 Å². The highest BCUT2D eigenvalue weighted by Crippen LogP contribution is 1.96. The van der Waals surface area contributed by atoms with Gasteiger partial charge in [0.2, 0.25) is 0 Å². The summed E-state index contributed by atoms with van der Waals surface area (Å²) in [6.45, 7) is 7.48. The summed E-state index contributed by atoms with van der Waals surface area (Å²) in [6.07, 6.45) is 0.955. The zero-order valence-corrected chi connectivity index (χ0v) is 6.55. The molecule has 0 unspecified atom stereocenters. The molecule has 56 valence electrons. The van der Waals surface area contributed by atoms with Crippen molar-refractivity contribution in [2.75, 3.05) is 13.1 Å². The molecule has 0 aliphatic carbocycles. The van der Waals surface area contributed by atoms with Crippen molar-refractivity contribution < 1.29 is 0 Å². The second-order valence-electron chi connectivity index (χ2n) is 2.78. The Bertz CT molecular complexity index is 63.9. The number of hydrogen-bond donors (Lipinski definition) is 0. The van der Waals surface area contributed by atoms with E-state index in [1.54, 1.807) is 0 Å². The lowest BCUT2D eigenvalue weighted by Gasteiger charge is -2.29. The maximum absolute atomic E-state index is 10.8. The van der Waals surface area contributed by atoms with E-state index in [2.05, 4.69) is 13.8 Å². The zero-order valence-electron chi connectivity index (χ0n) is 6.55. The molecule has 0 aromatic rings. The molecule has 0 amide bonds. The Morgan fingerprint density at radius 3 is 2.33 bits per heavy atom. The van der Waals surface area contributed by atoms with E-state index >= 15 is 0 Å². The summed E-state index contributed by atoms with van der Waals surface area (Å²) in [5.74, 6) is 0.494. The molecule has 0 fully saturated rings. The molecular weight excluding hydrogens is 114 g/mol. The third-order valence-corrected chi connectivity index (χ3v) is 1.04. The van der Waals surface area contributed by atoms with Crippen LogP contribution in [0.1, 0.15) is 27.2 Å². The Labute approximate surface area is 57.4 Å². The topological polar surface area (TPSA) is 26.3 Å². The second kappa shape index (κ2) is 4.77. The molecule has 0 radical (unpaired) electrons. The Morgan fingerprint density at radius 1 is 1.44 bits per heavy atom. The van der Waals surface area contributed by atoms with Gasteiger partial charge in [-0.15, -0.1) is 0 Å². The molecule has 0 heterocycles. The van der Waals surface area contributed by atoms with Crippen LogP contribution in [0.3, 0.4) is 0 Å². The van der Waals surface area contributed by atoms with E-state index in [-0.39, 0.29) is 0 Å². The summed E-state index contributed by atoms with van der Waals surface area (Å²) in [5.41, 5.74) is 0. The summed E-state index contributed by atoms with van der Waals surface area (Å²) in [6, 6.07) is 0. The average Bonchev–Trinajstić information content (AvgIpc) is 1.63. The lowest BCUT2D eigenvalue weighted by Crippen LogP contribution is -2.21. The molecule has 0 atom stereocenters. The third-order valence-electron chi connectivity index (χ3n) is 1.04. The highest BCUT2D eigenvalue weighted by molar-refractivity contribution is 4.57. The van der Waals surface area contributed by atoms with Crippen LogP contribution >= 0.6 is 0 Å². The summed E-state index contributed by atoms with van der Waals surface area (Å²) in [4.78, 5) is 0. The van der Waals surface area contributed by atoms with Crippen molar-refractivity contribution in [3.05, 3.63) is 5.21 Å². The maximum Gasteiger partial charge on any atom is -0.0121 e. The molecule has 0 aromatic heterocycles. The van der Waals surface area contributed by atoms with Crippen LogP contribution < -0.4 is 0 Å². The van der Waals surface area contributed by atoms with Crippen LogP contribution in [0.4, 0.5) is 0 Å². The minimum Gasteiger partial charge on any atom is -0.785 e. The Morgan fingerprint density at radius 2 is 2.00 bits per heavy atom. The maximum atomic E-state index is 10.8. The zero-order chi connectivity index (χ0) is 7.28. The SMILES string of the molecule is CCCN([O-])CC(C)C. The van der Waals surface area contributed by atoms with Gasteiger partial charge in [-0.1, -0.05) is 20.8 Å². The number of rotatable bonds is 4. The van der Waals surface area contributed by atoms with Crippen molar-refractivity contribution in [1.29, 1.82) is 0 Å². The Hall–Kier alpha value is -0.0800. The van der Waals surface area contributed by atoms with Crippen molar-refractivity contribution >= 4 is 0 Å². The van der Waals surface area contributed by atoms with Gasteiger partial charge in [-0.2, -0.15) is 0 Å². The molecule has 0 saturated heterocycles. The number of nitrogens with zero attached hydrogens (tertiary/aromatic N) is 1. The van der Waals surface area contributed by atoms with Gasteiger partial charge in [0.1, 0.15) is 0 Å². The average molecular weight is 130 g/mol.